The molecular formula is C22H18Cl2F3N3O5S. The van der Waals surface area contributed by atoms with Gasteiger partial charge in [-0.2, -0.15) is 21.6 Å². The van der Waals surface area contributed by atoms with Gasteiger partial charge in [0.2, 0.25) is 5.88 Å². The van der Waals surface area contributed by atoms with Crippen LogP contribution in [0.3, 0.4) is 0 Å². The minimum absolute atomic E-state index is 0.144. The van der Waals surface area contributed by atoms with E-state index in [1.54, 1.807) is 18.2 Å². The summed E-state index contributed by atoms with van der Waals surface area (Å²) in [5.74, 6) is -0.434. The minimum Gasteiger partial charge on any atom is -0.480 e. The van der Waals surface area contributed by atoms with E-state index in [4.69, 9.17) is 27.9 Å². The average molecular weight is 564 g/mol. The minimum atomic E-state index is -5.92. The van der Waals surface area contributed by atoms with Crippen LogP contribution in [-0.4, -0.2) is 60.2 Å². The third-order valence-electron chi connectivity index (χ3n) is 5.33. The van der Waals surface area contributed by atoms with E-state index in [0.717, 1.165) is 6.07 Å². The highest BCUT2D eigenvalue weighted by Crippen LogP contribution is 2.43. The van der Waals surface area contributed by atoms with Crippen molar-refractivity contribution in [1.82, 2.24) is 14.9 Å². The molecule has 1 N–H and O–H groups in total. The number of methoxy groups -OCH3 is 1. The Morgan fingerprint density at radius 1 is 1.08 bits per heavy atom. The number of aliphatic hydroxyl groups is 1. The Bertz CT molecular complexity index is 1400. The van der Waals surface area contributed by atoms with Crippen LogP contribution in [0.15, 0.2) is 42.6 Å². The topological polar surface area (TPSA) is 102 Å². The number of alkyl halides is 3. The van der Waals surface area contributed by atoms with Gasteiger partial charge in [-0.15, -0.1) is 0 Å². The highest BCUT2D eigenvalue weighted by atomic mass is 35.5. The molecule has 1 aliphatic rings. The van der Waals surface area contributed by atoms with Crippen molar-refractivity contribution < 1.29 is 35.6 Å². The molecule has 0 radical (unpaired) electrons. The normalized spacial score (nSPS) is 15.0. The van der Waals surface area contributed by atoms with Gasteiger partial charge in [-0.25, -0.2) is 4.98 Å². The zero-order valence-corrected chi connectivity index (χ0v) is 20.8. The van der Waals surface area contributed by atoms with Gasteiger partial charge in [-0.1, -0.05) is 53.5 Å². The predicted octanol–water partition coefficient (Wildman–Crippen LogP) is 4.53. The van der Waals surface area contributed by atoms with Crippen molar-refractivity contribution in [2.75, 3.05) is 20.2 Å². The molecule has 1 aliphatic heterocycles. The van der Waals surface area contributed by atoms with Crippen molar-refractivity contribution in [3.05, 3.63) is 58.3 Å². The first-order valence-corrected chi connectivity index (χ1v) is 12.5. The molecular weight excluding hydrogens is 546 g/mol. The number of β-amino-alcohol motifs (C(OH)–C–C–N with tert-alkyl or cyclic N) is 1. The number of aliphatic hydroxyl groups excluding tert-OH is 1. The smallest absolute Gasteiger partial charge is 0.480 e. The number of ether oxygens (including phenoxy) is 1. The first-order valence-electron chi connectivity index (χ1n) is 10.3. The molecule has 0 amide bonds. The van der Waals surface area contributed by atoms with Crippen LogP contribution in [0.4, 0.5) is 13.2 Å². The molecule has 1 fully saturated rings. The molecule has 1 saturated heterocycles. The zero-order chi connectivity index (χ0) is 26.3. The van der Waals surface area contributed by atoms with Crippen molar-refractivity contribution >= 4 is 33.3 Å². The van der Waals surface area contributed by atoms with Crippen LogP contribution in [-0.2, 0) is 16.7 Å². The van der Waals surface area contributed by atoms with Gasteiger partial charge in [0.15, 0.2) is 5.75 Å². The van der Waals surface area contributed by atoms with Gasteiger partial charge in [-0.3, -0.25) is 9.88 Å². The lowest BCUT2D eigenvalue weighted by molar-refractivity contribution is -0.0500. The highest BCUT2D eigenvalue weighted by molar-refractivity contribution is 7.88. The average Bonchev–Trinajstić information content (AvgIpc) is 2.79. The number of hydrogen-bond donors (Lipinski definition) is 1. The SMILES string of the molecule is COc1nc(-c2cccc(-c3cccc(OS(=O)(=O)C(F)(F)F)c3Cl)c2Cl)cnc1CN1CC(O)C1. The Labute approximate surface area is 214 Å². The summed E-state index contributed by atoms with van der Waals surface area (Å²) in [6.45, 7) is 1.48. The van der Waals surface area contributed by atoms with Crippen molar-refractivity contribution in [1.29, 1.82) is 0 Å². The lowest BCUT2D eigenvalue weighted by Gasteiger charge is -2.35. The first-order chi connectivity index (χ1) is 16.9. The molecule has 3 aromatic rings. The van der Waals surface area contributed by atoms with Gasteiger partial charge < -0.3 is 14.0 Å². The maximum atomic E-state index is 12.8. The van der Waals surface area contributed by atoms with E-state index in [-0.39, 0.29) is 27.6 Å². The van der Waals surface area contributed by atoms with Crippen molar-refractivity contribution in [2.24, 2.45) is 0 Å². The monoisotopic (exact) mass is 563 g/mol. The van der Waals surface area contributed by atoms with Crippen LogP contribution < -0.4 is 8.92 Å². The number of halogens is 5. The number of hydrogen-bond acceptors (Lipinski definition) is 8. The summed E-state index contributed by atoms with van der Waals surface area (Å²) in [5.41, 5.74) is -3.83. The predicted molar refractivity (Wildman–Crippen MR) is 126 cm³/mol. The number of likely N-dealkylation sites (tertiary alicyclic amines) is 1. The highest BCUT2D eigenvalue weighted by Gasteiger charge is 2.48. The summed E-state index contributed by atoms with van der Waals surface area (Å²) in [7, 11) is -4.48. The quantitative estimate of drug-likeness (QED) is 0.330. The fraction of sp³-hybridized carbons (Fsp3) is 0.273. The van der Waals surface area contributed by atoms with Gasteiger partial charge >= 0.3 is 15.6 Å². The Morgan fingerprint density at radius 3 is 2.31 bits per heavy atom. The largest absolute Gasteiger partial charge is 0.534 e. The van der Waals surface area contributed by atoms with E-state index in [1.807, 2.05) is 4.90 Å². The molecule has 192 valence electrons. The molecule has 1 aromatic heterocycles. The Morgan fingerprint density at radius 2 is 1.69 bits per heavy atom. The van der Waals surface area contributed by atoms with Gasteiger partial charge in [0.05, 0.1) is 35.1 Å². The van der Waals surface area contributed by atoms with Crippen LogP contribution >= 0.6 is 23.2 Å². The number of rotatable bonds is 7. The van der Waals surface area contributed by atoms with Gasteiger partial charge in [0.1, 0.15) is 5.69 Å². The maximum Gasteiger partial charge on any atom is 0.534 e. The van der Waals surface area contributed by atoms with Crippen molar-refractivity contribution in [2.45, 2.75) is 18.2 Å². The summed E-state index contributed by atoms with van der Waals surface area (Å²) >= 11 is 12.9. The van der Waals surface area contributed by atoms with Crippen LogP contribution in [0.1, 0.15) is 5.69 Å². The van der Waals surface area contributed by atoms with Crippen LogP contribution in [0, 0.1) is 0 Å². The van der Waals surface area contributed by atoms with Gasteiger partial charge in [0.25, 0.3) is 0 Å². The van der Waals surface area contributed by atoms with E-state index in [1.165, 1.54) is 25.4 Å². The third-order valence-corrected chi connectivity index (χ3v) is 7.09. The van der Waals surface area contributed by atoms with Crippen LogP contribution in [0.2, 0.25) is 10.0 Å². The zero-order valence-electron chi connectivity index (χ0n) is 18.5. The summed E-state index contributed by atoms with van der Waals surface area (Å²) in [6, 6.07) is 8.58. The summed E-state index contributed by atoms with van der Waals surface area (Å²) in [4.78, 5) is 10.9. The molecule has 2 heterocycles. The lowest BCUT2D eigenvalue weighted by Crippen LogP contribution is -2.50. The maximum absolute atomic E-state index is 12.8. The van der Waals surface area contributed by atoms with Crippen molar-refractivity contribution in [3.8, 4) is 34.0 Å². The van der Waals surface area contributed by atoms with E-state index in [2.05, 4.69) is 14.2 Å². The number of benzene rings is 2. The Balaban J connectivity index is 1.69. The molecule has 0 spiro atoms. The molecule has 0 unspecified atom stereocenters. The van der Waals surface area contributed by atoms with E-state index in [9.17, 15) is 26.7 Å². The second kappa shape index (κ2) is 10.0. The Kier molecular flexibility index (Phi) is 7.35. The number of nitrogens with zero attached hydrogens (tertiary/aromatic N) is 3. The summed E-state index contributed by atoms with van der Waals surface area (Å²) in [6.07, 6.45) is 1.13. The molecule has 0 atom stereocenters. The summed E-state index contributed by atoms with van der Waals surface area (Å²) < 4.78 is 70.8. The molecule has 2 aromatic carbocycles. The molecule has 14 heteroatoms. The van der Waals surface area contributed by atoms with Gasteiger partial charge in [-0.05, 0) is 6.07 Å². The van der Waals surface area contributed by atoms with E-state index in [0.29, 0.717) is 42.1 Å². The molecule has 0 bridgehead atoms. The van der Waals surface area contributed by atoms with Crippen LogP contribution in [0.25, 0.3) is 22.4 Å². The fourth-order valence-corrected chi connectivity index (χ4v) is 4.68. The second-order valence-electron chi connectivity index (χ2n) is 7.83. The third kappa shape index (κ3) is 5.23. The van der Waals surface area contributed by atoms with E-state index < -0.39 is 21.4 Å². The molecule has 0 aliphatic carbocycles. The molecule has 8 nitrogen and oxygen atoms in total. The first kappa shape index (κ1) is 26.4. The second-order valence-corrected chi connectivity index (χ2v) is 10.1. The van der Waals surface area contributed by atoms with Crippen LogP contribution in [0.5, 0.6) is 11.6 Å². The molecule has 4 rings (SSSR count). The van der Waals surface area contributed by atoms with Crippen molar-refractivity contribution in [3.63, 3.8) is 0 Å². The van der Waals surface area contributed by atoms with E-state index >= 15 is 0 Å². The standard InChI is InChI=1S/C22H18Cl2F3N3O5S/c1-34-21-17(11-30-9-12(31)10-30)28-8-16(29-21)15-6-2-4-13(19(15)23)14-5-3-7-18(20(14)24)35-36(32,33)22(25,26)27/h2-8,12,31H,9-11H2,1H3. The molecule has 36 heavy (non-hydrogen) atoms. The lowest BCUT2D eigenvalue weighted by atomic mass is 10.0. The number of aromatic nitrogens is 2. The Hall–Kier alpha value is -2.64. The van der Waals surface area contributed by atoms with Gasteiger partial charge in [0, 0.05) is 36.3 Å². The summed E-state index contributed by atoms with van der Waals surface area (Å²) in [5, 5.41) is 9.24. The molecule has 0 saturated carbocycles. The fourth-order valence-electron chi connectivity index (χ4n) is 3.57.